The van der Waals surface area contributed by atoms with E-state index in [1.807, 2.05) is 0 Å². The molecule has 0 atom stereocenters. The fourth-order valence-corrected chi connectivity index (χ4v) is 3.01. The van der Waals surface area contributed by atoms with Gasteiger partial charge in [0.15, 0.2) is 6.20 Å². The first-order chi connectivity index (χ1) is 14.2. The van der Waals surface area contributed by atoms with E-state index in [9.17, 15) is 27.6 Å². The van der Waals surface area contributed by atoms with Crippen molar-refractivity contribution in [2.45, 2.75) is 6.18 Å². The Morgan fingerprint density at radius 1 is 1.07 bits per heavy atom. The van der Waals surface area contributed by atoms with Crippen molar-refractivity contribution in [3.8, 4) is 5.69 Å². The molecule has 30 heavy (non-hydrogen) atoms. The summed E-state index contributed by atoms with van der Waals surface area (Å²) >= 11 is 0. The Bertz CT molecular complexity index is 1250. The van der Waals surface area contributed by atoms with Gasteiger partial charge in [0.1, 0.15) is 0 Å². The number of imidazole rings is 1. The van der Waals surface area contributed by atoms with E-state index in [4.69, 9.17) is 0 Å². The van der Waals surface area contributed by atoms with E-state index in [1.54, 1.807) is 12.1 Å². The second-order valence-electron chi connectivity index (χ2n) is 6.32. The van der Waals surface area contributed by atoms with Gasteiger partial charge in [0.25, 0.3) is 5.91 Å². The molecule has 0 aliphatic heterocycles. The third kappa shape index (κ3) is 3.54. The lowest BCUT2D eigenvalue weighted by Crippen LogP contribution is -2.27. The molecule has 0 unspecified atom stereocenters. The van der Waals surface area contributed by atoms with Crippen LogP contribution in [0.2, 0.25) is 0 Å². The minimum Gasteiger partial charge on any atom is -0.619 e. The van der Waals surface area contributed by atoms with Crippen LogP contribution >= 0.6 is 0 Å². The van der Waals surface area contributed by atoms with Crippen LogP contribution in [-0.4, -0.2) is 15.5 Å². The van der Waals surface area contributed by atoms with Crippen LogP contribution in [0.5, 0.6) is 0 Å². The number of para-hydroxylation sites is 2. The number of nitrogens with zero attached hydrogens (tertiary/aromatic N) is 3. The quantitative estimate of drug-likeness (QED) is 0.311. The normalized spacial score (nSPS) is 11.6. The van der Waals surface area contributed by atoms with Gasteiger partial charge in [-0.3, -0.25) is 9.36 Å². The Labute approximate surface area is 166 Å². The highest BCUT2D eigenvalue weighted by molar-refractivity contribution is 6.04. The number of nitrogens with one attached hydrogen (secondary N) is 1. The van der Waals surface area contributed by atoms with Gasteiger partial charge >= 0.3 is 6.18 Å². The molecule has 0 saturated heterocycles. The Hall–Kier alpha value is -3.95. The van der Waals surface area contributed by atoms with Gasteiger partial charge in [0, 0.05) is 17.4 Å². The van der Waals surface area contributed by atoms with Crippen molar-refractivity contribution in [2.75, 3.05) is 5.32 Å². The lowest BCUT2D eigenvalue weighted by atomic mass is 10.2. The minimum atomic E-state index is -4.67. The maximum Gasteiger partial charge on any atom is 0.450 e. The van der Waals surface area contributed by atoms with E-state index in [-0.39, 0.29) is 32.7 Å². The number of carbonyl (C=O) groups excluding carboxylic acids is 1. The van der Waals surface area contributed by atoms with Crippen LogP contribution in [-0.2, 0) is 6.18 Å². The predicted octanol–water partition coefficient (Wildman–Crippen LogP) is 4.07. The van der Waals surface area contributed by atoms with Gasteiger partial charge in [-0.25, -0.2) is 4.98 Å². The van der Waals surface area contributed by atoms with Crippen molar-refractivity contribution in [2.24, 2.45) is 0 Å². The smallest absolute Gasteiger partial charge is 0.450 e. The van der Waals surface area contributed by atoms with Gasteiger partial charge in [-0.05, 0) is 36.4 Å². The first-order valence-corrected chi connectivity index (χ1v) is 8.59. The second-order valence-corrected chi connectivity index (χ2v) is 6.32. The highest BCUT2D eigenvalue weighted by atomic mass is 19.4. The monoisotopic (exact) mass is 416 g/mol. The largest absolute Gasteiger partial charge is 0.619 e. The van der Waals surface area contributed by atoms with Crippen LogP contribution in [0.1, 0.15) is 16.2 Å². The van der Waals surface area contributed by atoms with E-state index in [1.165, 1.54) is 36.4 Å². The van der Waals surface area contributed by atoms with Crippen molar-refractivity contribution in [3.05, 3.63) is 89.4 Å². The second kappa shape index (κ2) is 7.14. The molecule has 0 saturated carbocycles. The fraction of sp³-hybridized carbons (Fsp3) is 0.0500. The molecule has 0 aliphatic carbocycles. The summed E-state index contributed by atoms with van der Waals surface area (Å²) in [4.78, 5) is 15.9. The number of benzene rings is 2. The maximum atomic E-state index is 13.8. The molecule has 1 amide bonds. The molecule has 2 aromatic carbocycles. The molecular weight excluding hydrogens is 404 g/mol. The highest BCUT2D eigenvalue weighted by Gasteiger charge is 2.38. The SMILES string of the molecule is O=C(Nc1ccc(-n2c(C(F)(F)F)nc3ccccc32)cc1)c1cc[n+]([O-])cc1F. The van der Waals surface area contributed by atoms with Crippen LogP contribution < -0.4 is 10.0 Å². The third-order valence-electron chi connectivity index (χ3n) is 4.33. The number of rotatable bonds is 3. The molecule has 2 heterocycles. The van der Waals surface area contributed by atoms with Gasteiger partial charge in [-0.15, -0.1) is 0 Å². The van der Waals surface area contributed by atoms with E-state index in [0.717, 1.165) is 16.8 Å². The molecule has 10 heteroatoms. The maximum absolute atomic E-state index is 13.8. The molecule has 0 fully saturated rings. The van der Waals surface area contributed by atoms with Crippen molar-refractivity contribution in [3.63, 3.8) is 0 Å². The van der Waals surface area contributed by atoms with E-state index < -0.39 is 23.7 Å². The molecule has 4 aromatic rings. The van der Waals surface area contributed by atoms with Crippen molar-refractivity contribution >= 4 is 22.6 Å². The number of amides is 1. The third-order valence-corrected chi connectivity index (χ3v) is 4.33. The number of hydrogen-bond donors (Lipinski definition) is 1. The van der Waals surface area contributed by atoms with Crippen LogP contribution in [0.3, 0.4) is 0 Å². The number of hydrogen-bond acceptors (Lipinski definition) is 3. The Kier molecular flexibility index (Phi) is 4.61. The van der Waals surface area contributed by atoms with Gasteiger partial charge in [-0.2, -0.15) is 22.3 Å². The summed E-state index contributed by atoms with van der Waals surface area (Å²) in [6, 6.07) is 12.8. The number of pyridine rings is 1. The molecular formula is C20H12F4N4O2. The predicted molar refractivity (Wildman–Crippen MR) is 99.4 cm³/mol. The summed E-state index contributed by atoms with van der Waals surface area (Å²) in [6.45, 7) is 0. The zero-order valence-corrected chi connectivity index (χ0v) is 15.0. The lowest BCUT2D eigenvalue weighted by Gasteiger charge is -2.12. The molecule has 2 aromatic heterocycles. The van der Waals surface area contributed by atoms with Gasteiger partial charge in [-0.1, -0.05) is 12.1 Å². The summed E-state index contributed by atoms with van der Waals surface area (Å²) in [7, 11) is 0. The van der Waals surface area contributed by atoms with E-state index >= 15 is 0 Å². The Morgan fingerprint density at radius 2 is 1.77 bits per heavy atom. The summed E-state index contributed by atoms with van der Waals surface area (Å²) in [5, 5.41) is 13.5. The fourth-order valence-electron chi connectivity index (χ4n) is 3.01. The number of halogens is 4. The molecule has 152 valence electrons. The number of alkyl halides is 3. The van der Waals surface area contributed by atoms with Crippen molar-refractivity contribution in [1.82, 2.24) is 9.55 Å². The first-order valence-electron chi connectivity index (χ1n) is 8.59. The lowest BCUT2D eigenvalue weighted by molar-refractivity contribution is -0.607. The standard InChI is InChI=1S/C20H12F4N4O2/c21-15-11-27(30)10-9-14(15)18(29)25-12-5-7-13(8-6-12)28-17-4-2-1-3-16(17)26-19(28)20(22,23)24/h1-11H,(H,25,29). The Morgan fingerprint density at radius 3 is 2.43 bits per heavy atom. The summed E-state index contributed by atoms with van der Waals surface area (Å²) in [5.41, 5.74) is 0.551. The van der Waals surface area contributed by atoms with Gasteiger partial charge < -0.3 is 10.5 Å². The molecule has 0 bridgehead atoms. The van der Waals surface area contributed by atoms with Crippen LogP contribution in [0.25, 0.3) is 16.7 Å². The number of fused-ring (bicyclic) bond motifs is 1. The van der Waals surface area contributed by atoms with E-state index in [2.05, 4.69) is 10.3 Å². The van der Waals surface area contributed by atoms with Gasteiger partial charge in [0.2, 0.25) is 17.8 Å². The van der Waals surface area contributed by atoms with Gasteiger partial charge in [0.05, 0.1) is 16.6 Å². The van der Waals surface area contributed by atoms with Crippen LogP contribution in [0, 0.1) is 11.0 Å². The highest BCUT2D eigenvalue weighted by Crippen LogP contribution is 2.34. The molecule has 6 nitrogen and oxygen atoms in total. The Balaban J connectivity index is 1.67. The van der Waals surface area contributed by atoms with Crippen molar-refractivity contribution < 1.29 is 27.1 Å². The number of anilines is 1. The average Bonchev–Trinajstić information content (AvgIpc) is 3.08. The van der Waals surface area contributed by atoms with E-state index in [0.29, 0.717) is 6.20 Å². The number of carbonyl (C=O) groups is 1. The zero-order chi connectivity index (χ0) is 21.5. The summed E-state index contributed by atoms with van der Waals surface area (Å²) < 4.78 is 55.4. The topological polar surface area (TPSA) is 73.9 Å². The molecule has 4 rings (SSSR count). The summed E-state index contributed by atoms with van der Waals surface area (Å²) in [5.74, 6) is -2.87. The molecule has 0 spiro atoms. The summed E-state index contributed by atoms with van der Waals surface area (Å²) in [6.07, 6.45) is -3.08. The molecule has 1 N–H and O–H groups in total. The average molecular weight is 416 g/mol. The minimum absolute atomic E-state index is 0.187. The number of aromatic nitrogens is 3. The first kappa shape index (κ1) is 19.4. The van der Waals surface area contributed by atoms with Crippen LogP contribution in [0.15, 0.2) is 67.0 Å². The van der Waals surface area contributed by atoms with Crippen LogP contribution in [0.4, 0.5) is 23.2 Å². The zero-order valence-electron chi connectivity index (χ0n) is 15.0. The molecule has 0 aliphatic rings. The van der Waals surface area contributed by atoms with Crippen molar-refractivity contribution in [1.29, 1.82) is 0 Å². The molecule has 0 radical (unpaired) electrons.